The maximum atomic E-state index is 6.27. The van der Waals surface area contributed by atoms with Crippen LogP contribution in [-0.2, 0) is 0 Å². The molecular weight excluding hydrogens is 727 g/mol. The fraction of sp³-hybridized carbons (Fsp3) is 0. The van der Waals surface area contributed by atoms with Crippen LogP contribution in [0.15, 0.2) is 241 Å². The Morgan fingerprint density at radius 2 is 0.733 bits per heavy atom. The molecule has 2 heteroatoms. The molecule has 0 amide bonds. The lowest BCUT2D eigenvalue weighted by Crippen LogP contribution is -2.11. The Morgan fingerprint density at radius 3 is 1.48 bits per heavy atom. The molecule has 0 bridgehead atoms. The minimum absolute atomic E-state index is 0.897. The van der Waals surface area contributed by atoms with E-state index in [1.807, 2.05) is 12.1 Å². The summed E-state index contributed by atoms with van der Waals surface area (Å²) in [4.78, 5) is 2.39. The highest BCUT2D eigenvalue weighted by Gasteiger charge is 2.19. The number of rotatable bonds is 8. The SMILES string of the molecule is c1ccc(-c2cccc(-c3ccc(N(c4ccc(-c5ccc6c(c5)oc5ccccc56)cc4)c4ccccc4-c4cccc(-c5cccc6ccccc56)c4)cc3)c2)cc1. The molecule has 60 heavy (non-hydrogen) atoms. The van der Waals surface area contributed by atoms with E-state index in [2.05, 4.69) is 229 Å². The van der Waals surface area contributed by atoms with E-state index < -0.39 is 0 Å². The van der Waals surface area contributed by atoms with Gasteiger partial charge in [-0.05, 0) is 122 Å². The summed E-state index contributed by atoms with van der Waals surface area (Å²) >= 11 is 0. The molecule has 11 aromatic rings. The number of para-hydroxylation sites is 2. The summed E-state index contributed by atoms with van der Waals surface area (Å²) in [6.07, 6.45) is 0. The maximum absolute atomic E-state index is 6.27. The molecule has 0 aliphatic heterocycles. The van der Waals surface area contributed by atoms with Gasteiger partial charge < -0.3 is 9.32 Å². The molecule has 0 aliphatic carbocycles. The number of furan rings is 1. The van der Waals surface area contributed by atoms with Crippen LogP contribution in [0.3, 0.4) is 0 Å². The Hall–Kier alpha value is -7.94. The summed E-state index contributed by atoms with van der Waals surface area (Å²) in [6, 6.07) is 84.9. The van der Waals surface area contributed by atoms with Gasteiger partial charge in [-0.25, -0.2) is 0 Å². The Morgan fingerprint density at radius 1 is 0.267 bits per heavy atom. The zero-order chi connectivity index (χ0) is 39.8. The summed E-state index contributed by atoms with van der Waals surface area (Å²) in [5, 5.41) is 4.76. The van der Waals surface area contributed by atoms with Gasteiger partial charge in [0.2, 0.25) is 0 Å². The number of nitrogens with zero attached hydrogens (tertiary/aromatic N) is 1. The van der Waals surface area contributed by atoms with Crippen molar-refractivity contribution in [1.29, 1.82) is 0 Å². The quantitative estimate of drug-likeness (QED) is 0.153. The number of hydrogen-bond acceptors (Lipinski definition) is 2. The third kappa shape index (κ3) is 6.51. The average molecular weight is 766 g/mol. The Kier molecular flexibility index (Phi) is 8.87. The molecule has 0 fully saturated rings. The van der Waals surface area contributed by atoms with E-state index in [4.69, 9.17) is 4.42 Å². The van der Waals surface area contributed by atoms with E-state index in [0.717, 1.165) is 61.3 Å². The van der Waals surface area contributed by atoms with Crippen molar-refractivity contribution in [2.24, 2.45) is 0 Å². The lowest BCUT2D eigenvalue weighted by molar-refractivity contribution is 0.669. The molecule has 0 spiro atoms. The molecule has 2 nitrogen and oxygen atoms in total. The van der Waals surface area contributed by atoms with Gasteiger partial charge in [-0.2, -0.15) is 0 Å². The van der Waals surface area contributed by atoms with Gasteiger partial charge in [0, 0.05) is 27.7 Å². The summed E-state index contributed by atoms with van der Waals surface area (Å²) in [7, 11) is 0. The molecule has 0 unspecified atom stereocenters. The zero-order valence-electron chi connectivity index (χ0n) is 32.9. The normalized spacial score (nSPS) is 11.3. The second-order valence-corrected chi connectivity index (χ2v) is 15.3. The highest BCUT2D eigenvalue weighted by Crippen LogP contribution is 2.43. The van der Waals surface area contributed by atoms with Gasteiger partial charge >= 0.3 is 0 Å². The van der Waals surface area contributed by atoms with Gasteiger partial charge in [-0.15, -0.1) is 0 Å². The van der Waals surface area contributed by atoms with Crippen molar-refractivity contribution in [3.8, 4) is 55.6 Å². The molecule has 10 aromatic carbocycles. The molecule has 1 aromatic heterocycles. The third-order valence-corrected chi connectivity index (χ3v) is 11.7. The van der Waals surface area contributed by atoms with Crippen molar-refractivity contribution < 1.29 is 4.42 Å². The first-order valence-electron chi connectivity index (χ1n) is 20.5. The van der Waals surface area contributed by atoms with Crippen LogP contribution in [0.1, 0.15) is 0 Å². The van der Waals surface area contributed by atoms with Gasteiger partial charge in [-0.1, -0.05) is 176 Å². The highest BCUT2D eigenvalue weighted by molar-refractivity contribution is 6.06. The van der Waals surface area contributed by atoms with Gasteiger partial charge in [-0.3, -0.25) is 0 Å². The fourth-order valence-electron chi connectivity index (χ4n) is 8.69. The minimum Gasteiger partial charge on any atom is -0.456 e. The van der Waals surface area contributed by atoms with Crippen LogP contribution in [0.4, 0.5) is 17.1 Å². The van der Waals surface area contributed by atoms with Crippen LogP contribution in [0.25, 0.3) is 88.3 Å². The summed E-state index contributed by atoms with van der Waals surface area (Å²) in [5.74, 6) is 0. The fourth-order valence-corrected chi connectivity index (χ4v) is 8.69. The minimum atomic E-state index is 0.897. The molecule has 0 radical (unpaired) electrons. The maximum Gasteiger partial charge on any atom is 0.136 e. The lowest BCUT2D eigenvalue weighted by atomic mass is 9.94. The van der Waals surface area contributed by atoms with Gasteiger partial charge in [0.25, 0.3) is 0 Å². The number of anilines is 3. The van der Waals surface area contributed by atoms with E-state index >= 15 is 0 Å². The van der Waals surface area contributed by atoms with E-state index in [9.17, 15) is 0 Å². The van der Waals surface area contributed by atoms with E-state index in [1.54, 1.807) is 0 Å². The van der Waals surface area contributed by atoms with Crippen molar-refractivity contribution in [3.05, 3.63) is 237 Å². The van der Waals surface area contributed by atoms with Crippen LogP contribution in [0.5, 0.6) is 0 Å². The topological polar surface area (TPSA) is 16.4 Å². The monoisotopic (exact) mass is 765 g/mol. The molecule has 0 atom stereocenters. The van der Waals surface area contributed by atoms with E-state index in [-0.39, 0.29) is 0 Å². The molecule has 1 heterocycles. The first kappa shape index (κ1) is 35.2. The van der Waals surface area contributed by atoms with Gasteiger partial charge in [0.05, 0.1) is 5.69 Å². The van der Waals surface area contributed by atoms with Crippen molar-refractivity contribution in [2.45, 2.75) is 0 Å². The third-order valence-electron chi connectivity index (χ3n) is 11.7. The van der Waals surface area contributed by atoms with E-state index in [1.165, 1.54) is 44.2 Å². The van der Waals surface area contributed by atoms with Crippen molar-refractivity contribution in [3.63, 3.8) is 0 Å². The van der Waals surface area contributed by atoms with Gasteiger partial charge in [0.1, 0.15) is 11.2 Å². The second kappa shape index (κ2) is 15.1. The summed E-state index contributed by atoms with van der Waals surface area (Å²) < 4.78 is 6.27. The molecule has 282 valence electrons. The van der Waals surface area contributed by atoms with Gasteiger partial charge in [0.15, 0.2) is 0 Å². The molecule has 11 rings (SSSR count). The standard InChI is InChI=1S/C58H39NO/c1-2-13-40(14-3-1)44-17-10-18-45(37-44)41-27-32-49(33-28-41)59(50-34-29-42(30-35-50)46-31-36-55-54-23-7-9-26-57(54)60-58(55)39-46)56-25-8-6-22-53(56)48-20-11-19-47(38-48)52-24-12-16-43-15-4-5-21-51(43)52/h1-39H. The van der Waals surface area contributed by atoms with Crippen molar-refractivity contribution >= 4 is 49.8 Å². The molecular formula is C58H39NO. The number of hydrogen-bond donors (Lipinski definition) is 0. The molecule has 0 aliphatic rings. The smallest absolute Gasteiger partial charge is 0.136 e. The Balaban J connectivity index is 1.01. The largest absolute Gasteiger partial charge is 0.456 e. The highest BCUT2D eigenvalue weighted by atomic mass is 16.3. The number of fused-ring (bicyclic) bond motifs is 4. The predicted octanol–water partition coefficient (Wildman–Crippen LogP) is 16.5. The number of benzene rings is 10. The Labute approximate surface area is 349 Å². The van der Waals surface area contributed by atoms with Crippen molar-refractivity contribution in [1.82, 2.24) is 0 Å². The summed E-state index contributed by atoms with van der Waals surface area (Å²) in [6.45, 7) is 0. The lowest BCUT2D eigenvalue weighted by Gasteiger charge is -2.28. The van der Waals surface area contributed by atoms with Crippen LogP contribution in [-0.4, -0.2) is 0 Å². The first-order chi connectivity index (χ1) is 29.7. The first-order valence-corrected chi connectivity index (χ1v) is 20.5. The molecule has 0 saturated carbocycles. The Bertz CT molecular complexity index is 3300. The van der Waals surface area contributed by atoms with Crippen LogP contribution < -0.4 is 4.90 Å². The molecule has 0 saturated heterocycles. The van der Waals surface area contributed by atoms with Crippen LogP contribution >= 0.6 is 0 Å². The average Bonchev–Trinajstić information content (AvgIpc) is 3.70. The van der Waals surface area contributed by atoms with Crippen LogP contribution in [0, 0.1) is 0 Å². The zero-order valence-corrected chi connectivity index (χ0v) is 32.9. The molecule has 0 N–H and O–H groups in total. The van der Waals surface area contributed by atoms with E-state index in [0.29, 0.717) is 0 Å². The van der Waals surface area contributed by atoms with Crippen molar-refractivity contribution in [2.75, 3.05) is 4.90 Å². The summed E-state index contributed by atoms with van der Waals surface area (Å²) in [5.41, 5.74) is 16.8. The second-order valence-electron chi connectivity index (χ2n) is 15.3. The van der Waals surface area contributed by atoms with Crippen LogP contribution in [0.2, 0.25) is 0 Å². The predicted molar refractivity (Wildman–Crippen MR) is 253 cm³/mol.